The number of unbranched alkanes of at least 4 members (excludes halogenated alkanes) is 1. The largest absolute Gasteiger partial charge is 0.489 e. The topological polar surface area (TPSA) is 35.5 Å². The molecule has 3 heteroatoms. The van der Waals surface area contributed by atoms with Gasteiger partial charge in [-0.1, -0.05) is 42.5 Å². The van der Waals surface area contributed by atoms with Crippen molar-refractivity contribution < 1.29 is 14.3 Å². The third-order valence-corrected chi connectivity index (χ3v) is 3.19. The second kappa shape index (κ2) is 8.80. The van der Waals surface area contributed by atoms with Crippen molar-refractivity contribution in [1.29, 1.82) is 0 Å². The Kier molecular flexibility index (Phi) is 6.33. The Morgan fingerprint density at radius 1 is 0.857 bits per heavy atom. The van der Waals surface area contributed by atoms with Gasteiger partial charge in [-0.3, -0.25) is 0 Å². The number of carbonyl (C=O) groups excluding carboxylic acids is 1. The van der Waals surface area contributed by atoms with Crippen molar-refractivity contribution >= 4 is 6.47 Å². The van der Waals surface area contributed by atoms with Crippen LogP contribution in [0, 0.1) is 0 Å². The zero-order valence-electron chi connectivity index (χ0n) is 12.0. The molecule has 2 aromatic carbocycles. The molecule has 0 amide bonds. The van der Waals surface area contributed by atoms with Crippen molar-refractivity contribution in [3.05, 3.63) is 65.7 Å². The minimum absolute atomic E-state index is 0.446. The van der Waals surface area contributed by atoms with Gasteiger partial charge in [-0.05, 0) is 42.5 Å². The van der Waals surface area contributed by atoms with E-state index in [0.717, 1.165) is 30.6 Å². The van der Waals surface area contributed by atoms with E-state index in [1.807, 2.05) is 42.5 Å². The molecule has 0 aliphatic rings. The highest BCUT2D eigenvalue weighted by Gasteiger charge is 1.98. The van der Waals surface area contributed by atoms with Crippen LogP contribution in [0.4, 0.5) is 0 Å². The Morgan fingerprint density at radius 2 is 1.62 bits per heavy atom. The van der Waals surface area contributed by atoms with Gasteiger partial charge in [0, 0.05) is 0 Å². The molecule has 2 rings (SSSR count). The fraction of sp³-hybridized carbons (Fsp3) is 0.278. The molecule has 21 heavy (non-hydrogen) atoms. The van der Waals surface area contributed by atoms with Crippen LogP contribution in [0.5, 0.6) is 5.75 Å². The fourth-order valence-electron chi connectivity index (χ4n) is 2.04. The average molecular weight is 283 g/mol. The first-order valence-corrected chi connectivity index (χ1v) is 7.13. The molecular weight excluding hydrogens is 264 g/mol. The van der Waals surface area contributed by atoms with Crippen molar-refractivity contribution in [2.45, 2.75) is 25.9 Å². The summed E-state index contributed by atoms with van der Waals surface area (Å²) in [7, 11) is 0. The van der Waals surface area contributed by atoms with E-state index >= 15 is 0 Å². The van der Waals surface area contributed by atoms with Gasteiger partial charge in [-0.2, -0.15) is 0 Å². The van der Waals surface area contributed by atoms with Crippen molar-refractivity contribution in [2.24, 2.45) is 0 Å². The third-order valence-electron chi connectivity index (χ3n) is 3.19. The molecule has 0 saturated heterocycles. The monoisotopic (exact) mass is 283 g/mol. The summed E-state index contributed by atoms with van der Waals surface area (Å²) < 4.78 is 10.3. The zero-order chi connectivity index (χ0) is 14.8. The van der Waals surface area contributed by atoms with E-state index in [4.69, 9.17) is 4.74 Å². The molecule has 0 fully saturated rings. The smallest absolute Gasteiger partial charge is 0.417 e. The number of hydrogen-bond acceptors (Lipinski definition) is 3. The Hall–Kier alpha value is -2.29. The fourth-order valence-corrected chi connectivity index (χ4v) is 2.04. The second-order valence-electron chi connectivity index (χ2n) is 4.81. The molecule has 0 unspecified atom stereocenters. The van der Waals surface area contributed by atoms with Crippen molar-refractivity contribution in [3.63, 3.8) is 0 Å². The standard InChI is InChI=1S/C18H19O3/c19-15-20-13-5-4-6-16-9-11-18(12-10-16)21-14-17-7-2-1-3-8-17/h1-3,7-12H,4-6,13-14H2. The Balaban J connectivity index is 1.72. The highest BCUT2D eigenvalue weighted by atomic mass is 16.5. The highest BCUT2D eigenvalue weighted by Crippen LogP contribution is 2.15. The number of benzene rings is 2. The maximum atomic E-state index is 9.88. The Morgan fingerprint density at radius 3 is 2.33 bits per heavy atom. The summed E-state index contributed by atoms with van der Waals surface area (Å²) in [6.07, 6.45) is 2.83. The van der Waals surface area contributed by atoms with Crippen LogP contribution in [0.1, 0.15) is 24.0 Å². The second-order valence-corrected chi connectivity index (χ2v) is 4.81. The van der Waals surface area contributed by atoms with Crippen molar-refractivity contribution in [1.82, 2.24) is 0 Å². The number of rotatable bonds is 9. The lowest BCUT2D eigenvalue weighted by atomic mass is 10.1. The minimum atomic E-state index is 0.446. The molecule has 0 spiro atoms. The van der Waals surface area contributed by atoms with Crippen LogP contribution in [0.25, 0.3) is 0 Å². The highest BCUT2D eigenvalue weighted by molar-refractivity contribution is 5.38. The summed E-state index contributed by atoms with van der Waals surface area (Å²) in [5.41, 5.74) is 2.42. The number of aryl methyl sites for hydroxylation is 1. The first kappa shape index (κ1) is 15.1. The van der Waals surface area contributed by atoms with Crippen LogP contribution in [-0.4, -0.2) is 13.1 Å². The molecule has 3 nitrogen and oxygen atoms in total. The van der Waals surface area contributed by atoms with E-state index in [1.165, 1.54) is 12.0 Å². The first-order valence-electron chi connectivity index (χ1n) is 7.13. The van der Waals surface area contributed by atoms with Gasteiger partial charge in [-0.25, -0.2) is 4.79 Å². The SMILES string of the molecule is O=[C]OCCCCc1ccc(OCc2ccccc2)cc1. The zero-order valence-corrected chi connectivity index (χ0v) is 12.0. The quantitative estimate of drug-likeness (QED) is 0.659. The summed E-state index contributed by atoms with van der Waals surface area (Å²) in [5, 5.41) is 0. The Labute approximate surface area is 125 Å². The minimum Gasteiger partial charge on any atom is -0.489 e. The van der Waals surface area contributed by atoms with E-state index in [-0.39, 0.29) is 0 Å². The normalized spacial score (nSPS) is 10.1. The molecule has 0 N–H and O–H groups in total. The van der Waals surface area contributed by atoms with E-state index in [0.29, 0.717) is 13.2 Å². The molecule has 1 radical (unpaired) electrons. The van der Waals surface area contributed by atoms with E-state index in [2.05, 4.69) is 16.9 Å². The van der Waals surface area contributed by atoms with Gasteiger partial charge in [-0.15, -0.1) is 0 Å². The van der Waals surface area contributed by atoms with E-state index < -0.39 is 0 Å². The van der Waals surface area contributed by atoms with Gasteiger partial charge >= 0.3 is 6.47 Å². The van der Waals surface area contributed by atoms with Gasteiger partial charge in [0.15, 0.2) is 0 Å². The molecule has 0 atom stereocenters. The summed E-state index contributed by atoms with van der Waals surface area (Å²) in [6.45, 7) is 2.46. The van der Waals surface area contributed by atoms with Gasteiger partial charge in [0.25, 0.3) is 0 Å². The Bertz CT molecular complexity index is 520. The molecule has 0 aromatic heterocycles. The summed E-state index contributed by atoms with van der Waals surface area (Å²) >= 11 is 0. The predicted octanol–water partition coefficient (Wildman–Crippen LogP) is 3.67. The van der Waals surface area contributed by atoms with Crippen molar-refractivity contribution in [3.8, 4) is 5.75 Å². The predicted molar refractivity (Wildman–Crippen MR) is 81.8 cm³/mol. The number of ether oxygens (including phenoxy) is 2. The van der Waals surface area contributed by atoms with Crippen molar-refractivity contribution in [2.75, 3.05) is 6.61 Å². The lowest BCUT2D eigenvalue weighted by Crippen LogP contribution is -1.96. The van der Waals surface area contributed by atoms with Crippen LogP contribution in [0.15, 0.2) is 54.6 Å². The lowest BCUT2D eigenvalue weighted by molar-refractivity contribution is 0.270. The molecule has 0 aliphatic carbocycles. The molecular formula is C18H19O3. The lowest BCUT2D eigenvalue weighted by Gasteiger charge is -2.07. The van der Waals surface area contributed by atoms with Gasteiger partial charge < -0.3 is 9.47 Å². The molecule has 0 aliphatic heterocycles. The maximum absolute atomic E-state index is 9.88. The number of hydrogen-bond donors (Lipinski definition) is 0. The van der Waals surface area contributed by atoms with Crippen LogP contribution < -0.4 is 4.74 Å². The summed E-state index contributed by atoms with van der Waals surface area (Å²) in [4.78, 5) is 9.88. The molecule has 2 aromatic rings. The van der Waals surface area contributed by atoms with Gasteiger partial charge in [0.1, 0.15) is 12.4 Å². The molecule has 0 bridgehead atoms. The van der Waals surface area contributed by atoms with Crippen LogP contribution >= 0.6 is 0 Å². The van der Waals surface area contributed by atoms with Gasteiger partial charge in [0.2, 0.25) is 0 Å². The summed E-state index contributed by atoms with van der Waals surface area (Å²) in [6, 6.07) is 18.3. The maximum Gasteiger partial charge on any atom is 0.417 e. The molecule has 0 heterocycles. The van der Waals surface area contributed by atoms with Crippen LogP contribution in [-0.2, 0) is 22.6 Å². The van der Waals surface area contributed by atoms with Gasteiger partial charge in [0.05, 0.1) is 6.61 Å². The first-order chi connectivity index (χ1) is 10.4. The summed E-state index contributed by atoms with van der Waals surface area (Å²) in [5.74, 6) is 0.876. The van der Waals surface area contributed by atoms with Crippen LogP contribution in [0.2, 0.25) is 0 Å². The van der Waals surface area contributed by atoms with E-state index in [9.17, 15) is 4.79 Å². The molecule has 109 valence electrons. The van der Waals surface area contributed by atoms with E-state index in [1.54, 1.807) is 0 Å². The molecule has 0 saturated carbocycles. The average Bonchev–Trinajstić information content (AvgIpc) is 2.55. The van der Waals surface area contributed by atoms with Crippen LogP contribution in [0.3, 0.4) is 0 Å². The third kappa shape index (κ3) is 5.69.